The minimum absolute atomic E-state index is 1.08. The van der Waals surface area contributed by atoms with Crippen molar-refractivity contribution in [3.8, 4) is 0 Å². The fourth-order valence-corrected chi connectivity index (χ4v) is 1.22. The summed E-state index contributed by atoms with van der Waals surface area (Å²) in [7, 11) is 0. The first-order valence-electron chi connectivity index (χ1n) is 4.93. The molecule has 0 amide bonds. The number of aryl methyl sites for hydroxylation is 1. The van der Waals surface area contributed by atoms with Crippen molar-refractivity contribution in [1.29, 1.82) is 0 Å². The highest BCUT2D eigenvalue weighted by molar-refractivity contribution is 5.82. The standard InChI is InChI=1S/C9H9N.C4H8/c1-7-6-10-9-5-3-2-4-8(7)9;1-3-4-2/h2-6,10H,1H3;3H,1,4H2,2H3. The normalized spacial score (nSPS) is 9.29. The summed E-state index contributed by atoms with van der Waals surface area (Å²) in [5.74, 6) is 0. The quantitative estimate of drug-likeness (QED) is 0.648. The van der Waals surface area contributed by atoms with Gasteiger partial charge in [0.15, 0.2) is 0 Å². The van der Waals surface area contributed by atoms with Gasteiger partial charge in [0.25, 0.3) is 0 Å². The van der Waals surface area contributed by atoms with Gasteiger partial charge in [-0.2, -0.15) is 0 Å². The van der Waals surface area contributed by atoms with Crippen LogP contribution in [0, 0.1) is 6.92 Å². The number of hydrogen-bond acceptors (Lipinski definition) is 0. The van der Waals surface area contributed by atoms with Crippen LogP contribution in [0.1, 0.15) is 18.9 Å². The third-order valence-electron chi connectivity index (χ3n) is 2.08. The number of nitrogens with one attached hydrogen (secondary N) is 1. The fourth-order valence-electron chi connectivity index (χ4n) is 1.22. The number of para-hydroxylation sites is 1. The molecule has 0 aliphatic heterocycles. The summed E-state index contributed by atoms with van der Waals surface area (Å²) < 4.78 is 0. The zero-order chi connectivity index (χ0) is 10.4. The van der Waals surface area contributed by atoms with Crippen LogP contribution in [0.3, 0.4) is 0 Å². The summed E-state index contributed by atoms with van der Waals surface area (Å²) in [6.45, 7) is 7.65. The monoisotopic (exact) mass is 187 g/mol. The minimum atomic E-state index is 1.08. The topological polar surface area (TPSA) is 15.8 Å². The summed E-state index contributed by atoms with van der Waals surface area (Å²) >= 11 is 0. The molecule has 0 aliphatic carbocycles. The zero-order valence-electron chi connectivity index (χ0n) is 8.88. The van der Waals surface area contributed by atoms with Crippen molar-refractivity contribution in [2.45, 2.75) is 20.3 Å². The summed E-state index contributed by atoms with van der Waals surface area (Å²) in [4.78, 5) is 3.19. The van der Waals surface area contributed by atoms with Crippen LogP contribution in [0.25, 0.3) is 10.9 Å². The molecule has 1 aromatic carbocycles. The number of aromatic amines is 1. The molecule has 0 atom stereocenters. The van der Waals surface area contributed by atoms with Crippen LogP contribution in [0.4, 0.5) is 0 Å². The highest BCUT2D eigenvalue weighted by atomic mass is 14.7. The first kappa shape index (κ1) is 10.6. The SMILES string of the molecule is C=CCC.Cc1c[nH]c2ccccc12. The van der Waals surface area contributed by atoms with E-state index >= 15 is 0 Å². The van der Waals surface area contributed by atoms with Gasteiger partial charge in [0.1, 0.15) is 0 Å². The summed E-state index contributed by atoms with van der Waals surface area (Å²) in [6.07, 6.45) is 4.99. The Labute approximate surface area is 85.5 Å². The predicted molar refractivity (Wildman–Crippen MR) is 63.5 cm³/mol. The highest BCUT2D eigenvalue weighted by Gasteiger charge is 1.94. The first-order valence-corrected chi connectivity index (χ1v) is 4.93. The molecule has 0 radical (unpaired) electrons. The van der Waals surface area contributed by atoms with Crippen LogP contribution in [0.2, 0.25) is 0 Å². The summed E-state index contributed by atoms with van der Waals surface area (Å²) in [5, 5.41) is 1.32. The predicted octanol–water partition coefficient (Wildman–Crippen LogP) is 4.06. The van der Waals surface area contributed by atoms with E-state index in [4.69, 9.17) is 0 Å². The Morgan fingerprint density at radius 2 is 2.00 bits per heavy atom. The van der Waals surface area contributed by atoms with Gasteiger partial charge < -0.3 is 4.98 Å². The minimum Gasteiger partial charge on any atom is -0.361 e. The van der Waals surface area contributed by atoms with E-state index in [1.807, 2.05) is 18.3 Å². The Morgan fingerprint density at radius 3 is 2.57 bits per heavy atom. The number of rotatable bonds is 1. The molecule has 2 rings (SSSR count). The third kappa shape index (κ3) is 2.49. The van der Waals surface area contributed by atoms with Crippen molar-refractivity contribution in [3.05, 3.63) is 48.7 Å². The Kier molecular flexibility index (Phi) is 3.99. The Bertz CT molecular complexity index is 398. The van der Waals surface area contributed by atoms with E-state index in [2.05, 4.69) is 43.6 Å². The molecular formula is C13H17N. The van der Waals surface area contributed by atoms with Gasteiger partial charge >= 0.3 is 0 Å². The second-order valence-electron chi connectivity index (χ2n) is 3.21. The van der Waals surface area contributed by atoms with Gasteiger partial charge in [0.2, 0.25) is 0 Å². The molecule has 0 aliphatic rings. The lowest BCUT2D eigenvalue weighted by atomic mass is 10.2. The average Bonchev–Trinajstić information content (AvgIpc) is 2.62. The molecule has 1 aromatic heterocycles. The van der Waals surface area contributed by atoms with Crippen molar-refractivity contribution in [2.24, 2.45) is 0 Å². The van der Waals surface area contributed by atoms with E-state index in [9.17, 15) is 0 Å². The van der Waals surface area contributed by atoms with Gasteiger partial charge in [0, 0.05) is 17.1 Å². The van der Waals surface area contributed by atoms with E-state index in [0.29, 0.717) is 0 Å². The van der Waals surface area contributed by atoms with Crippen LogP contribution >= 0.6 is 0 Å². The number of benzene rings is 1. The van der Waals surface area contributed by atoms with E-state index in [1.54, 1.807) is 0 Å². The van der Waals surface area contributed by atoms with Crippen LogP contribution in [0.5, 0.6) is 0 Å². The smallest absolute Gasteiger partial charge is 0.0456 e. The van der Waals surface area contributed by atoms with E-state index in [0.717, 1.165) is 6.42 Å². The molecule has 74 valence electrons. The van der Waals surface area contributed by atoms with Crippen molar-refractivity contribution < 1.29 is 0 Å². The second-order valence-corrected chi connectivity index (χ2v) is 3.21. The maximum atomic E-state index is 3.48. The van der Waals surface area contributed by atoms with Gasteiger partial charge in [-0.25, -0.2) is 0 Å². The highest BCUT2D eigenvalue weighted by Crippen LogP contribution is 2.15. The van der Waals surface area contributed by atoms with Crippen molar-refractivity contribution in [2.75, 3.05) is 0 Å². The van der Waals surface area contributed by atoms with Gasteiger partial charge in [-0.1, -0.05) is 31.2 Å². The molecule has 0 spiro atoms. The Morgan fingerprint density at radius 1 is 1.36 bits per heavy atom. The maximum Gasteiger partial charge on any atom is 0.0456 e. The Balaban J connectivity index is 0.000000213. The van der Waals surface area contributed by atoms with Gasteiger partial charge in [-0.3, -0.25) is 0 Å². The average molecular weight is 187 g/mol. The number of hydrogen-bond donors (Lipinski definition) is 1. The molecule has 0 unspecified atom stereocenters. The summed E-state index contributed by atoms with van der Waals surface area (Å²) in [6, 6.07) is 8.31. The molecule has 0 saturated carbocycles. The zero-order valence-corrected chi connectivity index (χ0v) is 8.88. The molecule has 1 nitrogen and oxygen atoms in total. The van der Waals surface area contributed by atoms with Crippen LogP contribution in [-0.2, 0) is 0 Å². The summed E-state index contributed by atoms with van der Waals surface area (Å²) in [5.41, 5.74) is 2.54. The molecule has 1 heteroatoms. The lowest BCUT2D eigenvalue weighted by Gasteiger charge is -1.86. The van der Waals surface area contributed by atoms with Crippen molar-refractivity contribution in [3.63, 3.8) is 0 Å². The molecule has 0 fully saturated rings. The lowest BCUT2D eigenvalue weighted by molar-refractivity contribution is 1.23. The molecule has 1 heterocycles. The molecule has 14 heavy (non-hydrogen) atoms. The van der Waals surface area contributed by atoms with Crippen LogP contribution < -0.4 is 0 Å². The van der Waals surface area contributed by atoms with Gasteiger partial charge in [0.05, 0.1) is 0 Å². The van der Waals surface area contributed by atoms with Crippen molar-refractivity contribution in [1.82, 2.24) is 4.98 Å². The molecule has 1 N–H and O–H groups in total. The number of H-pyrrole nitrogens is 1. The molecule has 0 saturated heterocycles. The van der Waals surface area contributed by atoms with E-state index in [1.165, 1.54) is 16.5 Å². The van der Waals surface area contributed by atoms with Gasteiger partial charge in [-0.05, 0) is 25.0 Å². The van der Waals surface area contributed by atoms with E-state index in [-0.39, 0.29) is 0 Å². The molecule has 0 bridgehead atoms. The lowest BCUT2D eigenvalue weighted by Crippen LogP contribution is -1.64. The van der Waals surface area contributed by atoms with Crippen LogP contribution in [-0.4, -0.2) is 4.98 Å². The number of allylic oxidation sites excluding steroid dienone is 1. The van der Waals surface area contributed by atoms with Crippen molar-refractivity contribution >= 4 is 10.9 Å². The maximum absolute atomic E-state index is 3.48. The third-order valence-corrected chi connectivity index (χ3v) is 2.08. The Hall–Kier alpha value is -1.50. The van der Waals surface area contributed by atoms with Crippen LogP contribution in [0.15, 0.2) is 43.1 Å². The molecule has 2 aromatic rings. The number of aromatic nitrogens is 1. The largest absolute Gasteiger partial charge is 0.361 e. The fraction of sp³-hybridized carbons (Fsp3) is 0.231. The van der Waals surface area contributed by atoms with E-state index < -0.39 is 0 Å². The second kappa shape index (κ2) is 5.28. The first-order chi connectivity index (χ1) is 6.79. The van der Waals surface area contributed by atoms with Gasteiger partial charge in [-0.15, -0.1) is 6.58 Å². The number of fused-ring (bicyclic) bond motifs is 1. The molecular weight excluding hydrogens is 170 g/mol.